The molecule has 220 valence electrons. The molecule has 0 spiro atoms. The number of carbonyl (C=O) groups is 2. The van der Waals surface area contributed by atoms with Gasteiger partial charge in [0.2, 0.25) is 5.91 Å². The Kier molecular flexibility index (Phi) is 21.9. The Labute approximate surface area is 230 Å². The van der Waals surface area contributed by atoms with Gasteiger partial charge in [-0.1, -0.05) is 105 Å². The molecule has 0 aromatic heterocycles. The van der Waals surface area contributed by atoms with Gasteiger partial charge in [-0.2, -0.15) is 0 Å². The second-order valence-electron chi connectivity index (χ2n) is 11.4. The van der Waals surface area contributed by atoms with E-state index < -0.39 is 5.60 Å². The smallest absolute Gasteiger partial charge is 0.410 e. The van der Waals surface area contributed by atoms with E-state index in [1.165, 1.54) is 89.9 Å². The highest BCUT2D eigenvalue weighted by atomic mass is 16.6. The number of nitrogens with zero attached hydrogens (tertiary/aromatic N) is 3. The van der Waals surface area contributed by atoms with Crippen LogP contribution in [-0.2, 0) is 9.53 Å². The minimum atomic E-state index is -0.490. The van der Waals surface area contributed by atoms with Crippen LogP contribution in [-0.4, -0.2) is 78.1 Å². The highest BCUT2D eigenvalue weighted by Crippen LogP contribution is 2.13. The standard InChI is InChI=1S/C29H57N3O3.C2H6/c1-6-8-10-12-14-16-18-20-30(21-19-17-15-13-11-9-7-2)26-27(33)31-22-24-32(25-23-31)28(34)35-29(3,4)5;1-2/h6-26H2,1-5H3;1-2H3. The summed E-state index contributed by atoms with van der Waals surface area (Å²) >= 11 is 0. The topological polar surface area (TPSA) is 53.1 Å². The van der Waals surface area contributed by atoms with Crippen molar-refractivity contribution < 1.29 is 14.3 Å². The Morgan fingerprint density at radius 2 is 1.03 bits per heavy atom. The van der Waals surface area contributed by atoms with Gasteiger partial charge in [-0.3, -0.25) is 9.69 Å². The molecule has 1 rings (SSSR count). The number of hydrogen-bond donors (Lipinski definition) is 0. The molecule has 0 aromatic rings. The van der Waals surface area contributed by atoms with Crippen molar-refractivity contribution in [3.8, 4) is 0 Å². The number of unbranched alkanes of at least 4 members (excludes halogenated alkanes) is 12. The van der Waals surface area contributed by atoms with Crippen molar-refractivity contribution >= 4 is 12.0 Å². The van der Waals surface area contributed by atoms with Crippen molar-refractivity contribution in [2.24, 2.45) is 0 Å². The molecule has 1 heterocycles. The van der Waals surface area contributed by atoms with E-state index in [4.69, 9.17) is 4.74 Å². The van der Waals surface area contributed by atoms with E-state index >= 15 is 0 Å². The maximum Gasteiger partial charge on any atom is 0.410 e. The average molecular weight is 526 g/mol. The summed E-state index contributed by atoms with van der Waals surface area (Å²) < 4.78 is 5.48. The monoisotopic (exact) mass is 525 g/mol. The predicted molar refractivity (Wildman–Crippen MR) is 158 cm³/mol. The normalized spacial score (nSPS) is 13.9. The van der Waals surface area contributed by atoms with Crippen LogP contribution in [0.15, 0.2) is 0 Å². The summed E-state index contributed by atoms with van der Waals surface area (Å²) in [6, 6.07) is 0. The fraction of sp³-hybridized carbons (Fsp3) is 0.935. The lowest BCUT2D eigenvalue weighted by molar-refractivity contribution is -0.134. The zero-order chi connectivity index (χ0) is 27.9. The van der Waals surface area contributed by atoms with E-state index in [1.807, 2.05) is 39.5 Å². The van der Waals surface area contributed by atoms with Crippen molar-refractivity contribution in [1.29, 1.82) is 0 Å². The highest BCUT2D eigenvalue weighted by Gasteiger charge is 2.28. The molecular weight excluding hydrogens is 462 g/mol. The van der Waals surface area contributed by atoms with Crippen molar-refractivity contribution in [3.05, 3.63) is 0 Å². The Bertz CT molecular complexity index is 536. The first-order chi connectivity index (χ1) is 17.8. The molecule has 0 unspecified atom stereocenters. The number of rotatable bonds is 18. The number of carbonyl (C=O) groups excluding carboxylic acids is 2. The summed E-state index contributed by atoms with van der Waals surface area (Å²) in [4.78, 5) is 31.4. The molecule has 0 radical (unpaired) electrons. The van der Waals surface area contributed by atoms with Crippen LogP contribution in [0.2, 0.25) is 0 Å². The summed E-state index contributed by atoms with van der Waals surface area (Å²) in [5, 5.41) is 0. The molecule has 6 nitrogen and oxygen atoms in total. The van der Waals surface area contributed by atoms with Crippen LogP contribution in [0.3, 0.4) is 0 Å². The van der Waals surface area contributed by atoms with Crippen LogP contribution < -0.4 is 0 Å². The fourth-order valence-corrected chi connectivity index (χ4v) is 4.61. The molecule has 1 aliphatic rings. The van der Waals surface area contributed by atoms with Crippen LogP contribution in [0.1, 0.15) is 138 Å². The quantitative estimate of drug-likeness (QED) is 0.171. The maximum atomic E-state index is 13.1. The third kappa shape index (κ3) is 19.4. The molecule has 0 atom stereocenters. The summed E-state index contributed by atoms with van der Waals surface area (Å²) in [5.74, 6) is 0.208. The van der Waals surface area contributed by atoms with E-state index in [1.54, 1.807) is 4.90 Å². The van der Waals surface area contributed by atoms with E-state index in [0.717, 1.165) is 13.1 Å². The molecule has 1 fully saturated rings. The first kappa shape index (κ1) is 35.7. The lowest BCUT2D eigenvalue weighted by Crippen LogP contribution is -2.53. The maximum absolute atomic E-state index is 13.1. The Balaban J connectivity index is 0.00000631. The van der Waals surface area contributed by atoms with E-state index in [2.05, 4.69) is 18.7 Å². The number of amides is 2. The zero-order valence-corrected chi connectivity index (χ0v) is 25.9. The van der Waals surface area contributed by atoms with Crippen molar-refractivity contribution in [1.82, 2.24) is 14.7 Å². The third-order valence-electron chi connectivity index (χ3n) is 6.80. The van der Waals surface area contributed by atoms with Gasteiger partial charge in [0.05, 0.1) is 6.54 Å². The summed E-state index contributed by atoms with van der Waals surface area (Å²) in [6.07, 6.45) is 17.9. The Morgan fingerprint density at radius 1 is 0.649 bits per heavy atom. The number of hydrogen-bond acceptors (Lipinski definition) is 4. The van der Waals surface area contributed by atoms with E-state index in [9.17, 15) is 9.59 Å². The van der Waals surface area contributed by atoms with Crippen LogP contribution in [0.4, 0.5) is 4.79 Å². The molecule has 37 heavy (non-hydrogen) atoms. The Morgan fingerprint density at radius 3 is 1.43 bits per heavy atom. The van der Waals surface area contributed by atoms with Gasteiger partial charge in [-0.25, -0.2) is 4.79 Å². The Hall–Kier alpha value is -1.30. The van der Waals surface area contributed by atoms with Crippen LogP contribution in [0, 0.1) is 0 Å². The molecule has 1 aliphatic heterocycles. The first-order valence-corrected chi connectivity index (χ1v) is 15.7. The molecule has 0 N–H and O–H groups in total. The lowest BCUT2D eigenvalue weighted by Gasteiger charge is -2.36. The van der Waals surface area contributed by atoms with Gasteiger partial charge in [0.15, 0.2) is 0 Å². The molecular formula is C31H63N3O3. The average Bonchev–Trinajstić information content (AvgIpc) is 2.87. The number of piperazine rings is 1. The fourth-order valence-electron chi connectivity index (χ4n) is 4.61. The van der Waals surface area contributed by atoms with Gasteiger partial charge >= 0.3 is 6.09 Å². The first-order valence-electron chi connectivity index (χ1n) is 15.7. The molecule has 0 bridgehead atoms. The largest absolute Gasteiger partial charge is 0.444 e. The zero-order valence-electron chi connectivity index (χ0n) is 25.9. The second kappa shape index (κ2) is 22.7. The van der Waals surface area contributed by atoms with Gasteiger partial charge in [0.1, 0.15) is 5.60 Å². The van der Waals surface area contributed by atoms with Crippen LogP contribution >= 0.6 is 0 Å². The minimum absolute atomic E-state index is 0.208. The third-order valence-corrected chi connectivity index (χ3v) is 6.80. The van der Waals surface area contributed by atoms with Gasteiger partial charge < -0.3 is 14.5 Å². The second-order valence-corrected chi connectivity index (χ2v) is 11.4. The van der Waals surface area contributed by atoms with Crippen LogP contribution in [0.25, 0.3) is 0 Å². The summed E-state index contributed by atoms with van der Waals surface area (Å²) in [7, 11) is 0. The SMILES string of the molecule is CC.CCCCCCCCCN(CCCCCCCCC)CC(=O)N1CCN(C(=O)OC(C)(C)C)CC1. The minimum Gasteiger partial charge on any atom is -0.444 e. The number of ether oxygens (including phenoxy) is 1. The van der Waals surface area contributed by atoms with Crippen molar-refractivity contribution in [3.63, 3.8) is 0 Å². The molecule has 6 heteroatoms. The van der Waals surface area contributed by atoms with Gasteiger partial charge in [-0.05, 0) is 46.7 Å². The molecule has 2 amide bonds. The van der Waals surface area contributed by atoms with Gasteiger partial charge in [0.25, 0.3) is 0 Å². The van der Waals surface area contributed by atoms with E-state index in [0.29, 0.717) is 32.7 Å². The summed E-state index contributed by atoms with van der Waals surface area (Å²) in [5.41, 5.74) is -0.490. The van der Waals surface area contributed by atoms with Crippen molar-refractivity contribution in [2.45, 2.75) is 144 Å². The summed E-state index contributed by atoms with van der Waals surface area (Å²) in [6.45, 7) is 19.0. The molecule has 0 aliphatic carbocycles. The van der Waals surface area contributed by atoms with Crippen LogP contribution in [0.5, 0.6) is 0 Å². The lowest BCUT2D eigenvalue weighted by atomic mass is 10.1. The van der Waals surface area contributed by atoms with E-state index in [-0.39, 0.29) is 12.0 Å². The molecule has 0 saturated carbocycles. The van der Waals surface area contributed by atoms with Gasteiger partial charge in [0, 0.05) is 26.2 Å². The van der Waals surface area contributed by atoms with Gasteiger partial charge in [-0.15, -0.1) is 0 Å². The molecule has 1 saturated heterocycles. The predicted octanol–water partition coefficient (Wildman–Crippen LogP) is 7.90. The highest BCUT2D eigenvalue weighted by molar-refractivity contribution is 5.78. The molecule has 0 aromatic carbocycles. The van der Waals surface area contributed by atoms with Crippen molar-refractivity contribution in [2.75, 3.05) is 45.8 Å².